The fraction of sp³-hybridized carbons (Fsp3) is 0.667. The molecule has 2 saturated heterocycles. The van der Waals surface area contributed by atoms with Gasteiger partial charge in [0.2, 0.25) is 0 Å². The molecule has 0 spiro atoms. The van der Waals surface area contributed by atoms with Crippen molar-refractivity contribution in [1.29, 1.82) is 0 Å². The van der Waals surface area contributed by atoms with Gasteiger partial charge in [-0.2, -0.15) is 0 Å². The lowest BCUT2D eigenvalue weighted by atomic mass is 10.1. The van der Waals surface area contributed by atoms with E-state index in [4.69, 9.17) is 4.99 Å². The topological polar surface area (TPSA) is 42.9 Å². The van der Waals surface area contributed by atoms with Crippen LogP contribution >= 0.6 is 24.0 Å². The molecule has 2 aliphatic heterocycles. The van der Waals surface area contributed by atoms with Gasteiger partial charge in [0.15, 0.2) is 5.96 Å². The van der Waals surface area contributed by atoms with Crippen molar-refractivity contribution in [1.82, 2.24) is 15.5 Å². The Labute approximate surface area is 182 Å². The molecule has 0 bridgehead atoms. The van der Waals surface area contributed by atoms with Crippen LogP contribution in [0.25, 0.3) is 0 Å². The number of benzene rings is 1. The molecule has 2 unspecified atom stereocenters. The number of aliphatic imine (C=N–C) groups is 1. The number of anilines is 1. The Morgan fingerprint density at radius 3 is 2.67 bits per heavy atom. The maximum absolute atomic E-state index is 4.85. The minimum Gasteiger partial charge on any atom is -0.372 e. The van der Waals surface area contributed by atoms with E-state index in [0.717, 1.165) is 19.0 Å². The molecular formula is C21H36IN5. The highest BCUT2D eigenvalue weighted by atomic mass is 127. The first-order valence-corrected chi connectivity index (χ1v) is 10.3. The summed E-state index contributed by atoms with van der Waals surface area (Å²) in [7, 11) is 2.21. The van der Waals surface area contributed by atoms with E-state index in [1.807, 2.05) is 0 Å². The highest BCUT2D eigenvalue weighted by molar-refractivity contribution is 14.0. The van der Waals surface area contributed by atoms with Crippen LogP contribution in [0.5, 0.6) is 0 Å². The number of nitrogens with one attached hydrogen (secondary N) is 2. The molecule has 0 aromatic heterocycles. The molecule has 0 amide bonds. The van der Waals surface area contributed by atoms with Crippen LogP contribution in [0.15, 0.2) is 29.3 Å². The molecule has 2 heterocycles. The highest BCUT2D eigenvalue weighted by Crippen LogP contribution is 2.24. The van der Waals surface area contributed by atoms with E-state index in [1.165, 1.54) is 56.6 Å². The first-order chi connectivity index (χ1) is 12.7. The zero-order valence-electron chi connectivity index (χ0n) is 17.1. The SMILES string of the molecule is CCNC(=NCC1CCCN1C)NC(C)c1cccc(N2CCCC2)c1.I. The van der Waals surface area contributed by atoms with Gasteiger partial charge in [0, 0.05) is 31.4 Å². The summed E-state index contributed by atoms with van der Waals surface area (Å²) >= 11 is 0. The Bertz CT molecular complexity index is 600. The van der Waals surface area contributed by atoms with Gasteiger partial charge in [-0.15, -0.1) is 24.0 Å². The lowest BCUT2D eigenvalue weighted by molar-refractivity contribution is 0.317. The second-order valence-electron chi connectivity index (χ2n) is 7.65. The van der Waals surface area contributed by atoms with Crippen LogP contribution < -0.4 is 15.5 Å². The number of rotatable bonds is 6. The van der Waals surface area contributed by atoms with Gasteiger partial charge in [0.25, 0.3) is 0 Å². The Morgan fingerprint density at radius 1 is 1.22 bits per heavy atom. The Hall–Kier alpha value is -1.02. The Balaban J connectivity index is 0.00000261. The number of guanidine groups is 1. The first kappa shape index (κ1) is 22.3. The number of nitrogens with zero attached hydrogens (tertiary/aromatic N) is 3. The van der Waals surface area contributed by atoms with E-state index in [9.17, 15) is 0 Å². The third-order valence-electron chi connectivity index (χ3n) is 5.67. The maximum Gasteiger partial charge on any atom is 0.191 e. The fourth-order valence-corrected chi connectivity index (χ4v) is 3.98. The standard InChI is InChI=1S/C21H35N5.HI/c1-4-22-21(23-16-20-11-8-12-25(20)3)24-17(2)18-9-7-10-19(15-18)26-13-5-6-14-26;/h7,9-10,15,17,20H,4-6,8,11-14,16H2,1-3H3,(H2,22,23,24);1H. The van der Waals surface area contributed by atoms with Gasteiger partial charge in [-0.1, -0.05) is 12.1 Å². The third kappa shape index (κ3) is 6.24. The largest absolute Gasteiger partial charge is 0.372 e. The number of hydrogen-bond acceptors (Lipinski definition) is 3. The number of hydrogen-bond donors (Lipinski definition) is 2. The molecule has 27 heavy (non-hydrogen) atoms. The molecule has 0 saturated carbocycles. The van der Waals surface area contributed by atoms with Crippen molar-refractivity contribution in [3.05, 3.63) is 29.8 Å². The van der Waals surface area contributed by atoms with Crippen LogP contribution in [0.4, 0.5) is 5.69 Å². The molecule has 0 aliphatic carbocycles. The van der Waals surface area contributed by atoms with Crippen molar-refractivity contribution in [2.45, 2.75) is 51.6 Å². The molecule has 2 N–H and O–H groups in total. The van der Waals surface area contributed by atoms with Gasteiger partial charge in [-0.25, -0.2) is 0 Å². The van der Waals surface area contributed by atoms with E-state index in [1.54, 1.807) is 0 Å². The first-order valence-electron chi connectivity index (χ1n) is 10.3. The average molecular weight is 485 g/mol. The molecule has 1 aromatic rings. The third-order valence-corrected chi connectivity index (χ3v) is 5.67. The van der Waals surface area contributed by atoms with Crippen molar-refractivity contribution in [2.24, 2.45) is 4.99 Å². The predicted octanol–water partition coefficient (Wildman–Crippen LogP) is 3.62. The van der Waals surface area contributed by atoms with Crippen molar-refractivity contribution in [3.8, 4) is 0 Å². The Morgan fingerprint density at radius 2 is 2.00 bits per heavy atom. The summed E-state index contributed by atoms with van der Waals surface area (Å²) in [4.78, 5) is 9.77. The van der Waals surface area contributed by atoms with Crippen molar-refractivity contribution in [3.63, 3.8) is 0 Å². The summed E-state index contributed by atoms with van der Waals surface area (Å²) in [5, 5.41) is 6.99. The summed E-state index contributed by atoms with van der Waals surface area (Å²) in [6, 6.07) is 9.77. The summed E-state index contributed by atoms with van der Waals surface area (Å²) < 4.78 is 0. The highest BCUT2D eigenvalue weighted by Gasteiger charge is 2.20. The molecule has 2 atom stereocenters. The van der Waals surface area contributed by atoms with Crippen LogP contribution in [0.3, 0.4) is 0 Å². The van der Waals surface area contributed by atoms with E-state index in [0.29, 0.717) is 6.04 Å². The van der Waals surface area contributed by atoms with E-state index in [-0.39, 0.29) is 30.0 Å². The zero-order chi connectivity index (χ0) is 18.4. The summed E-state index contributed by atoms with van der Waals surface area (Å²) in [6.45, 7) is 9.66. The number of likely N-dealkylation sites (tertiary alicyclic amines) is 1. The van der Waals surface area contributed by atoms with Crippen LogP contribution in [-0.4, -0.2) is 56.7 Å². The molecular weight excluding hydrogens is 449 g/mol. The van der Waals surface area contributed by atoms with Crippen LogP contribution in [0.1, 0.15) is 51.1 Å². The van der Waals surface area contributed by atoms with Crippen molar-refractivity contribution >= 4 is 35.6 Å². The van der Waals surface area contributed by atoms with Crippen molar-refractivity contribution in [2.75, 3.05) is 44.7 Å². The maximum atomic E-state index is 4.85. The van der Waals surface area contributed by atoms with E-state index < -0.39 is 0 Å². The minimum atomic E-state index is 0. The molecule has 3 rings (SSSR count). The van der Waals surface area contributed by atoms with Crippen LogP contribution in [-0.2, 0) is 0 Å². The quantitative estimate of drug-likeness (QED) is 0.367. The predicted molar refractivity (Wildman–Crippen MR) is 126 cm³/mol. The van der Waals surface area contributed by atoms with Gasteiger partial charge in [-0.05, 0) is 70.8 Å². The lowest BCUT2D eigenvalue weighted by Crippen LogP contribution is -2.40. The molecule has 2 aliphatic rings. The van der Waals surface area contributed by atoms with E-state index in [2.05, 4.69) is 65.6 Å². The molecule has 5 nitrogen and oxygen atoms in total. The summed E-state index contributed by atoms with van der Waals surface area (Å²) in [6.07, 6.45) is 5.17. The molecule has 2 fully saturated rings. The monoisotopic (exact) mass is 485 g/mol. The lowest BCUT2D eigenvalue weighted by Gasteiger charge is -2.23. The van der Waals surface area contributed by atoms with Gasteiger partial charge >= 0.3 is 0 Å². The molecule has 6 heteroatoms. The van der Waals surface area contributed by atoms with E-state index >= 15 is 0 Å². The smallest absolute Gasteiger partial charge is 0.191 e. The molecule has 152 valence electrons. The number of halogens is 1. The molecule has 0 radical (unpaired) electrons. The second kappa shape index (κ2) is 11.1. The summed E-state index contributed by atoms with van der Waals surface area (Å²) in [5.41, 5.74) is 2.67. The Kier molecular flexibility index (Phi) is 9.15. The molecule has 1 aromatic carbocycles. The van der Waals surface area contributed by atoms with Crippen LogP contribution in [0.2, 0.25) is 0 Å². The van der Waals surface area contributed by atoms with Gasteiger partial charge < -0.3 is 20.4 Å². The average Bonchev–Trinajstić information content (AvgIpc) is 3.32. The van der Waals surface area contributed by atoms with Crippen molar-refractivity contribution < 1.29 is 0 Å². The number of likely N-dealkylation sites (N-methyl/N-ethyl adjacent to an activating group) is 1. The zero-order valence-corrected chi connectivity index (χ0v) is 19.4. The van der Waals surface area contributed by atoms with Crippen LogP contribution in [0, 0.1) is 0 Å². The van der Waals surface area contributed by atoms with Gasteiger partial charge in [0.05, 0.1) is 12.6 Å². The second-order valence-corrected chi connectivity index (χ2v) is 7.65. The fourth-order valence-electron chi connectivity index (χ4n) is 3.98. The van der Waals surface area contributed by atoms with Gasteiger partial charge in [0.1, 0.15) is 0 Å². The van der Waals surface area contributed by atoms with Gasteiger partial charge in [-0.3, -0.25) is 4.99 Å². The minimum absolute atomic E-state index is 0. The summed E-state index contributed by atoms with van der Waals surface area (Å²) in [5.74, 6) is 0.923. The normalized spacial score (nSPS) is 21.8.